The quantitative estimate of drug-likeness (QED) is 0.916. The lowest BCUT2D eigenvalue weighted by atomic mass is 10.3. The molecule has 0 aliphatic carbocycles. The van der Waals surface area contributed by atoms with Crippen LogP contribution in [0, 0.1) is 12.7 Å². The van der Waals surface area contributed by atoms with E-state index in [1.54, 1.807) is 6.92 Å². The molecule has 0 radical (unpaired) electrons. The first-order valence-corrected chi connectivity index (χ1v) is 8.02. The van der Waals surface area contributed by atoms with Gasteiger partial charge in [-0.15, -0.1) is 11.3 Å². The highest BCUT2D eigenvalue weighted by Gasteiger charge is 2.19. The van der Waals surface area contributed by atoms with E-state index in [1.165, 1.54) is 35.6 Å². The van der Waals surface area contributed by atoms with Crippen LogP contribution in [-0.4, -0.2) is 8.42 Å². The monoisotopic (exact) mass is 349 g/mol. The third kappa shape index (κ3) is 2.90. The topological polar surface area (TPSA) is 46.2 Å². The largest absolute Gasteiger partial charge is 0.279 e. The lowest BCUT2D eigenvalue weighted by Crippen LogP contribution is -2.13. The molecular formula is C11H9BrFNO2S2. The molecule has 1 aromatic heterocycles. The maximum Gasteiger partial charge on any atom is 0.263 e. The molecule has 1 aromatic carbocycles. The highest BCUT2D eigenvalue weighted by Crippen LogP contribution is 2.30. The molecule has 0 spiro atoms. The molecule has 0 unspecified atom stereocenters. The van der Waals surface area contributed by atoms with Crippen LogP contribution < -0.4 is 4.72 Å². The van der Waals surface area contributed by atoms with Crippen molar-refractivity contribution in [3.8, 4) is 0 Å². The number of anilines is 1. The predicted molar refractivity (Wildman–Crippen MR) is 74.0 cm³/mol. The lowest BCUT2D eigenvalue weighted by molar-refractivity contribution is 0.601. The number of rotatable bonds is 3. The second-order valence-corrected chi connectivity index (χ2v) is 7.87. The average Bonchev–Trinajstić information content (AvgIpc) is 2.58. The first-order valence-electron chi connectivity index (χ1n) is 4.93. The highest BCUT2D eigenvalue weighted by molar-refractivity contribution is 9.11. The van der Waals surface area contributed by atoms with Crippen molar-refractivity contribution >= 4 is 43.0 Å². The molecule has 0 atom stereocenters. The molecule has 18 heavy (non-hydrogen) atoms. The van der Waals surface area contributed by atoms with E-state index in [0.29, 0.717) is 4.88 Å². The van der Waals surface area contributed by atoms with Gasteiger partial charge in [-0.25, -0.2) is 12.8 Å². The molecule has 3 nitrogen and oxygen atoms in total. The Morgan fingerprint density at radius 2 is 2.06 bits per heavy atom. The minimum atomic E-state index is -3.68. The maximum atomic E-state index is 13.0. The predicted octanol–water partition coefficient (Wildman–Crippen LogP) is 3.76. The van der Waals surface area contributed by atoms with Crippen LogP contribution in [0.25, 0.3) is 0 Å². The molecule has 0 fully saturated rings. The molecule has 0 aliphatic heterocycles. The number of halogens is 2. The van der Waals surface area contributed by atoms with Gasteiger partial charge in [0.1, 0.15) is 10.7 Å². The molecule has 0 saturated carbocycles. The minimum absolute atomic E-state index is 0.198. The Balaban J connectivity index is 2.36. The maximum absolute atomic E-state index is 13.0. The Labute approximate surface area is 117 Å². The molecule has 2 rings (SSSR count). The van der Waals surface area contributed by atoms with E-state index in [-0.39, 0.29) is 10.6 Å². The fourth-order valence-electron chi connectivity index (χ4n) is 1.46. The Bertz CT molecular complexity index is 682. The van der Waals surface area contributed by atoms with Crippen LogP contribution >= 0.6 is 27.3 Å². The second-order valence-electron chi connectivity index (χ2n) is 3.59. The first-order chi connectivity index (χ1) is 8.38. The lowest BCUT2D eigenvalue weighted by Gasteiger charge is -2.07. The number of hydrogen-bond acceptors (Lipinski definition) is 3. The third-order valence-corrected chi connectivity index (χ3v) is 5.40. The summed E-state index contributed by atoms with van der Waals surface area (Å²) in [7, 11) is -3.68. The van der Waals surface area contributed by atoms with Crippen LogP contribution in [-0.2, 0) is 10.0 Å². The van der Waals surface area contributed by atoms with Gasteiger partial charge in [-0.2, -0.15) is 0 Å². The number of aryl methyl sites for hydroxylation is 1. The smallest absolute Gasteiger partial charge is 0.263 e. The highest BCUT2D eigenvalue weighted by atomic mass is 79.9. The summed E-state index contributed by atoms with van der Waals surface area (Å²) in [6.45, 7) is 1.72. The van der Waals surface area contributed by atoms with E-state index >= 15 is 0 Å². The van der Waals surface area contributed by atoms with Gasteiger partial charge in [-0.3, -0.25) is 4.72 Å². The van der Waals surface area contributed by atoms with Crippen molar-refractivity contribution in [2.75, 3.05) is 4.72 Å². The summed E-state index contributed by atoms with van der Waals surface area (Å²) in [5, 5.41) is 0. The molecule has 2 aromatic rings. The van der Waals surface area contributed by atoms with E-state index in [9.17, 15) is 12.8 Å². The summed E-state index contributed by atoms with van der Waals surface area (Å²) in [5.41, 5.74) is 0.205. The van der Waals surface area contributed by atoms with Crippen LogP contribution in [0.1, 0.15) is 4.88 Å². The second kappa shape index (κ2) is 4.99. The van der Waals surface area contributed by atoms with Gasteiger partial charge in [-0.05, 0) is 47.1 Å². The van der Waals surface area contributed by atoms with Crippen molar-refractivity contribution in [1.82, 2.24) is 0 Å². The number of hydrogen-bond donors (Lipinski definition) is 1. The van der Waals surface area contributed by atoms with Crippen molar-refractivity contribution in [1.29, 1.82) is 0 Å². The number of benzene rings is 1. The summed E-state index contributed by atoms with van der Waals surface area (Å²) in [5.74, 6) is -0.488. The SMILES string of the molecule is Cc1sc(Br)cc1S(=O)(=O)Nc1cccc(F)c1. The Hall–Kier alpha value is -0.920. The van der Waals surface area contributed by atoms with Gasteiger partial charge < -0.3 is 0 Å². The van der Waals surface area contributed by atoms with E-state index in [2.05, 4.69) is 20.7 Å². The van der Waals surface area contributed by atoms with Gasteiger partial charge in [0, 0.05) is 4.88 Å². The van der Waals surface area contributed by atoms with Crippen LogP contribution in [0.4, 0.5) is 10.1 Å². The number of nitrogens with one attached hydrogen (secondary N) is 1. The van der Waals surface area contributed by atoms with Gasteiger partial charge >= 0.3 is 0 Å². The average molecular weight is 350 g/mol. The number of thiophene rings is 1. The molecule has 0 saturated heterocycles. The van der Waals surface area contributed by atoms with Gasteiger partial charge in [0.2, 0.25) is 0 Å². The summed E-state index contributed by atoms with van der Waals surface area (Å²) >= 11 is 4.57. The van der Waals surface area contributed by atoms with Crippen LogP contribution in [0.15, 0.2) is 39.0 Å². The van der Waals surface area contributed by atoms with Crippen molar-refractivity contribution < 1.29 is 12.8 Å². The summed E-state index contributed by atoms with van der Waals surface area (Å²) in [6, 6.07) is 6.86. The molecule has 1 N–H and O–H groups in total. The first kappa shape index (κ1) is 13.5. The fraction of sp³-hybridized carbons (Fsp3) is 0.0909. The van der Waals surface area contributed by atoms with Crippen molar-refractivity contribution in [3.63, 3.8) is 0 Å². The normalized spacial score (nSPS) is 11.5. The molecular weight excluding hydrogens is 341 g/mol. The summed E-state index contributed by atoms with van der Waals surface area (Å²) < 4.78 is 40.3. The zero-order chi connectivity index (χ0) is 13.3. The van der Waals surface area contributed by atoms with Crippen LogP contribution in [0.3, 0.4) is 0 Å². The summed E-state index contributed by atoms with van der Waals surface area (Å²) in [6.07, 6.45) is 0. The molecule has 0 aliphatic rings. The van der Waals surface area contributed by atoms with E-state index in [1.807, 2.05) is 0 Å². The molecule has 7 heteroatoms. The van der Waals surface area contributed by atoms with Gasteiger partial charge in [0.05, 0.1) is 9.47 Å². The summed E-state index contributed by atoms with van der Waals surface area (Å²) in [4.78, 5) is 0.870. The van der Waals surface area contributed by atoms with Crippen LogP contribution in [0.2, 0.25) is 0 Å². The number of sulfonamides is 1. The molecule has 0 bridgehead atoms. The minimum Gasteiger partial charge on any atom is -0.279 e. The fourth-order valence-corrected chi connectivity index (χ4v) is 4.92. The molecule has 1 heterocycles. The van der Waals surface area contributed by atoms with E-state index in [4.69, 9.17) is 0 Å². The Kier molecular flexibility index (Phi) is 3.74. The van der Waals surface area contributed by atoms with Crippen molar-refractivity contribution in [2.45, 2.75) is 11.8 Å². The Morgan fingerprint density at radius 1 is 1.33 bits per heavy atom. The third-order valence-electron chi connectivity index (χ3n) is 2.21. The zero-order valence-corrected chi connectivity index (χ0v) is 12.5. The Morgan fingerprint density at radius 3 is 2.61 bits per heavy atom. The van der Waals surface area contributed by atoms with Crippen molar-refractivity contribution in [2.24, 2.45) is 0 Å². The molecule has 0 amide bonds. The van der Waals surface area contributed by atoms with Gasteiger partial charge in [0.25, 0.3) is 10.0 Å². The van der Waals surface area contributed by atoms with E-state index in [0.717, 1.165) is 9.85 Å². The van der Waals surface area contributed by atoms with Crippen molar-refractivity contribution in [3.05, 3.63) is 44.8 Å². The van der Waals surface area contributed by atoms with Gasteiger partial charge in [-0.1, -0.05) is 6.07 Å². The standard InChI is InChI=1S/C11H9BrFNO2S2/c1-7-10(6-11(12)17-7)18(15,16)14-9-4-2-3-8(13)5-9/h2-6,14H,1H3. The molecule has 96 valence electrons. The zero-order valence-electron chi connectivity index (χ0n) is 9.28. The van der Waals surface area contributed by atoms with Gasteiger partial charge in [0.15, 0.2) is 0 Å². The van der Waals surface area contributed by atoms with Crippen LogP contribution in [0.5, 0.6) is 0 Å². The van der Waals surface area contributed by atoms with E-state index < -0.39 is 15.8 Å².